The topological polar surface area (TPSA) is 84.5 Å². The van der Waals surface area contributed by atoms with Gasteiger partial charge in [0.1, 0.15) is 6.10 Å². The molecule has 0 unspecified atom stereocenters. The minimum atomic E-state index is -3.57. The van der Waals surface area contributed by atoms with Crippen LogP contribution in [0.15, 0.2) is 29.2 Å². The molecule has 0 radical (unpaired) electrons. The van der Waals surface area contributed by atoms with E-state index < -0.39 is 21.7 Å². The second-order valence-electron chi connectivity index (χ2n) is 6.37. The predicted octanol–water partition coefficient (Wildman–Crippen LogP) is 1.88. The number of rotatable bonds is 4. The van der Waals surface area contributed by atoms with Crippen molar-refractivity contribution in [2.75, 3.05) is 11.9 Å². The fourth-order valence-electron chi connectivity index (χ4n) is 2.19. The summed E-state index contributed by atoms with van der Waals surface area (Å²) in [4.78, 5) is 12.1. The molecular weight excluding hydrogens is 304 g/mol. The molecule has 1 amide bonds. The van der Waals surface area contributed by atoms with E-state index >= 15 is 0 Å². The van der Waals surface area contributed by atoms with Crippen molar-refractivity contribution in [2.45, 2.75) is 50.2 Å². The maximum atomic E-state index is 12.2. The van der Waals surface area contributed by atoms with Crippen molar-refractivity contribution in [3.63, 3.8) is 0 Å². The Balaban J connectivity index is 2.05. The minimum absolute atomic E-state index is 0.164. The van der Waals surface area contributed by atoms with E-state index in [1.54, 1.807) is 32.9 Å². The second-order valence-corrected chi connectivity index (χ2v) is 8.05. The van der Waals surface area contributed by atoms with Crippen LogP contribution in [0.5, 0.6) is 0 Å². The van der Waals surface area contributed by atoms with Gasteiger partial charge in [-0.2, -0.15) is 0 Å². The van der Waals surface area contributed by atoms with E-state index in [9.17, 15) is 13.2 Å². The van der Waals surface area contributed by atoms with Crippen LogP contribution in [0.1, 0.15) is 33.6 Å². The number of nitrogens with one attached hydrogen (secondary N) is 2. The van der Waals surface area contributed by atoms with Gasteiger partial charge >= 0.3 is 0 Å². The molecule has 1 atom stereocenters. The van der Waals surface area contributed by atoms with Gasteiger partial charge in [-0.1, -0.05) is 0 Å². The van der Waals surface area contributed by atoms with Crippen LogP contribution in [0.3, 0.4) is 0 Å². The quantitative estimate of drug-likeness (QED) is 0.885. The molecule has 22 heavy (non-hydrogen) atoms. The van der Waals surface area contributed by atoms with Crippen LogP contribution in [0.4, 0.5) is 5.69 Å². The monoisotopic (exact) mass is 326 g/mol. The van der Waals surface area contributed by atoms with E-state index in [0.717, 1.165) is 6.42 Å². The number of carbonyl (C=O) groups is 1. The Morgan fingerprint density at radius 1 is 1.23 bits per heavy atom. The lowest BCUT2D eigenvalue weighted by Crippen LogP contribution is -2.40. The number of sulfonamides is 1. The van der Waals surface area contributed by atoms with Crippen molar-refractivity contribution in [2.24, 2.45) is 0 Å². The molecule has 1 fully saturated rings. The first-order valence-corrected chi connectivity index (χ1v) is 8.72. The summed E-state index contributed by atoms with van der Waals surface area (Å²) in [7, 11) is -3.57. The van der Waals surface area contributed by atoms with E-state index in [2.05, 4.69) is 10.0 Å². The third-order valence-electron chi connectivity index (χ3n) is 3.09. The van der Waals surface area contributed by atoms with Crippen molar-refractivity contribution in [3.8, 4) is 0 Å². The van der Waals surface area contributed by atoms with E-state index in [1.807, 2.05) is 0 Å². The Morgan fingerprint density at radius 2 is 1.86 bits per heavy atom. The van der Waals surface area contributed by atoms with Gasteiger partial charge in [-0.25, -0.2) is 13.1 Å². The summed E-state index contributed by atoms with van der Waals surface area (Å²) in [5.74, 6) is -0.194. The SMILES string of the molecule is CC(C)(C)NS(=O)(=O)c1ccc(NC(=O)[C@@H]2CCCO2)cc1. The van der Waals surface area contributed by atoms with E-state index in [0.29, 0.717) is 18.7 Å². The van der Waals surface area contributed by atoms with Crippen LogP contribution in [0, 0.1) is 0 Å². The lowest BCUT2D eigenvalue weighted by molar-refractivity contribution is -0.124. The molecule has 1 saturated heterocycles. The summed E-state index contributed by atoms with van der Waals surface area (Å²) in [6.45, 7) is 5.94. The Hall–Kier alpha value is -1.44. The summed E-state index contributed by atoms with van der Waals surface area (Å²) < 4.78 is 32.2. The average Bonchev–Trinajstić information content (AvgIpc) is 2.90. The fraction of sp³-hybridized carbons (Fsp3) is 0.533. The molecule has 0 aliphatic carbocycles. The maximum Gasteiger partial charge on any atom is 0.253 e. The summed E-state index contributed by atoms with van der Waals surface area (Å²) in [6.07, 6.45) is 1.19. The minimum Gasteiger partial charge on any atom is -0.368 e. The molecule has 1 aromatic carbocycles. The smallest absolute Gasteiger partial charge is 0.253 e. The highest BCUT2D eigenvalue weighted by Crippen LogP contribution is 2.18. The second kappa shape index (κ2) is 6.36. The number of carbonyl (C=O) groups excluding carboxylic acids is 1. The van der Waals surface area contributed by atoms with Crippen LogP contribution in [-0.2, 0) is 19.6 Å². The summed E-state index contributed by atoms with van der Waals surface area (Å²) in [5, 5.41) is 2.73. The summed E-state index contributed by atoms with van der Waals surface area (Å²) in [6, 6.07) is 6.09. The molecule has 7 heteroatoms. The number of hydrogen-bond donors (Lipinski definition) is 2. The normalized spacial score (nSPS) is 19.1. The van der Waals surface area contributed by atoms with Crippen molar-refractivity contribution in [3.05, 3.63) is 24.3 Å². The number of benzene rings is 1. The third kappa shape index (κ3) is 4.53. The highest BCUT2D eigenvalue weighted by molar-refractivity contribution is 7.89. The zero-order valence-corrected chi connectivity index (χ0v) is 13.9. The molecule has 1 aromatic rings. The van der Waals surface area contributed by atoms with Crippen molar-refractivity contribution in [1.82, 2.24) is 4.72 Å². The Morgan fingerprint density at radius 3 is 2.36 bits per heavy atom. The Kier molecular flexibility index (Phi) is 4.89. The van der Waals surface area contributed by atoms with Crippen LogP contribution >= 0.6 is 0 Å². The van der Waals surface area contributed by atoms with Crippen molar-refractivity contribution >= 4 is 21.6 Å². The van der Waals surface area contributed by atoms with Gasteiger partial charge in [-0.3, -0.25) is 4.79 Å². The molecule has 0 aromatic heterocycles. The van der Waals surface area contributed by atoms with Gasteiger partial charge in [0.25, 0.3) is 5.91 Å². The zero-order valence-electron chi connectivity index (χ0n) is 13.0. The Labute approximate surface area is 131 Å². The standard InChI is InChI=1S/C15H22N2O4S/c1-15(2,3)17-22(19,20)12-8-6-11(7-9-12)16-14(18)13-5-4-10-21-13/h6-9,13,17H,4-5,10H2,1-3H3,(H,16,18)/t13-/m0/s1. The highest BCUT2D eigenvalue weighted by Gasteiger charge is 2.24. The van der Waals surface area contributed by atoms with Gasteiger partial charge in [0.05, 0.1) is 4.90 Å². The number of amides is 1. The van der Waals surface area contributed by atoms with Crippen LogP contribution in [0.2, 0.25) is 0 Å². The van der Waals surface area contributed by atoms with E-state index in [1.165, 1.54) is 12.1 Å². The third-order valence-corrected chi connectivity index (χ3v) is 4.87. The fourth-order valence-corrected chi connectivity index (χ4v) is 3.61. The van der Waals surface area contributed by atoms with Gasteiger partial charge in [0, 0.05) is 17.8 Å². The summed E-state index contributed by atoms with van der Waals surface area (Å²) in [5.41, 5.74) is 0.00105. The molecule has 122 valence electrons. The highest BCUT2D eigenvalue weighted by atomic mass is 32.2. The molecule has 6 nitrogen and oxygen atoms in total. The molecule has 0 saturated carbocycles. The first kappa shape index (κ1) is 16.9. The molecule has 1 heterocycles. The number of hydrogen-bond acceptors (Lipinski definition) is 4. The Bertz CT molecular complexity index is 627. The number of anilines is 1. The van der Waals surface area contributed by atoms with Crippen molar-refractivity contribution < 1.29 is 17.9 Å². The van der Waals surface area contributed by atoms with Crippen molar-refractivity contribution in [1.29, 1.82) is 0 Å². The van der Waals surface area contributed by atoms with E-state index in [4.69, 9.17) is 4.74 Å². The molecule has 0 bridgehead atoms. The van der Waals surface area contributed by atoms with E-state index in [-0.39, 0.29) is 10.8 Å². The molecule has 1 aliphatic rings. The molecular formula is C15H22N2O4S. The zero-order chi connectivity index (χ0) is 16.4. The lowest BCUT2D eigenvalue weighted by Gasteiger charge is -2.20. The number of ether oxygens (including phenoxy) is 1. The van der Waals surface area contributed by atoms with Gasteiger partial charge in [0.15, 0.2) is 0 Å². The van der Waals surface area contributed by atoms with Gasteiger partial charge in [0.2, 0.25) is 10.0 Å². The molecule has 0 spiro atoms. The first-order chi connectivity index (χ1) is 10.2. The maximum absolute atomic E-state index is 12.2. The van der Waals surface area contributed by atoms with Gasteiger partial charge < -0.3 is 10.1 Å². The van der Waals surface area contributed by atoms with Gasteiger partial charge in [-0.15, -0.1) is 0 Å². The largest absolute Gasteiger partial charge is 0.368 e. The lowest BCUT2D eigenvalue weighted by atomic mass is 10.1. The molecule has 2 rings (SSSR count). The molecule has 1 aliphatic heterocycles. The van der Waals surface area contributed by atoms with Crippen LogP contribution in [-0.4, -0.2) is 32.6 Å². The first-order valence-electron chi connectivity index (χ1n) is 7.24. The van der Waals surface area contributed by atoms with Crippen LogP contribution < -0.4 is 10.0 Å². The summed E-state index contributed by atoms with van der Waals surface area (Å²) >= 11 is 0. The van der Waals surface area contributed by atoms with Crippen LogP contribution in [0.25, 0.3) is 0 Å². The predicted molar refractivity (Wildman–Crippen MR) is 84.1 cm³/mol. The average molecular weight is 326 g/mol. The molecule has 2 N–H and O–H groups in total. The van der Waals surface area contributed by atoms with Gasteiger partial charge in [-0.05, 0) is 57.9 Å².